The molecular formula is C19H21FN4O. The Kier molecular flexibility index (Phi) is 4.11. The summed E-state index contributed by atoms with van der Waals surface area (Å²) in [6.07, 6.45) is 4.18. The summed E-state index contributed by atoms with van der Waals surface area (Å²) in [5.41, 5.74) is 0.964. The summed E-state index contributed by atoms with van der Waals surface area (Å²) in [6, 6.07) is 6.60. The van der Waals surface area contributed by atoms with Crippen molar-refractivity contribution in [3.8, 4) is 0 Å². The zero-order valence-corrected chi connectivity index (χ0v) is 14.3. The maximum Gasteiger partial charge on any atom is 0.254 e. The number of piperazine rings is 1. The number of benzene rings is 1. The molecule has 0 atom stereocenters. The minimum absolute atomic E-state index is 0.111. The number of hydrogen-bond acceptors (Lipinski definition) is 4. The van der Waals surface area contributed by atoms with Crippen LogP contribution in [-0.2, 0) is 0 Å². The fourth-order valence-corrected chi connectivity index (χ4v) is 3.13. The normalized spacial score (nSPS) is 17.7. The van der Waals surface area contributed by atoms with Crippen molar-refractivity contribution in [3.63, 3.8) is 0 Å². The van der Waals surface area contributed by atoms with Crippen LogP contribution in [0.25, 0.3) is 0 Å². The molecule has 2 heterocycles. The number of nitrogens with zero attached hydrogens (tertiary/aromatic N) is 4. The van der Waals surface area contributed by atoms with Crippen LogP contribution in [-0.4, -0.2) is 47.0 Å². The van der Waals surface area contributed by atoms with E-state index in [0.29, 0.717) is 30.1 Å². The highest BCUT2D eigenvalue weighted by molar-refractivity contribution is 5.94. The second kappa shape index (κ2) is 6.43. The van der Waals surface area contributed by atoms with E-state index in [-0.39, 0.29) is 11.7 Å². The lowest BCUT2D eigenvalue weighted by atomic mass is 10.1. The summed E-state index contributed by atoms with van der Waals surface area (Å²) in [4.78, 5) is 25.6. The largest absolute Gasteiger partial charge is 0.353 e. The number of aryl methyl sites for hydroxylation is 1. The van der Waals surface area contributed by atoms with Crippen molar-refractivity contribution in [2.45, 2.75) is 25.7 Å². The van der Waals surface area contributed by atoms with Crippen molar-refractivity contribution in [1.82, 2.24) is 14.9 Å². The zero-order valence-electron chi connectivity index (χ0n) is 14.3. The van der Waals surface area contributed by atoms with E-state index in [9.17, 15) is 9.18 Å². The molecule has 1 aromatic heterocycles. The van der Waals surface area contributed by atoms with E-state index >= 15 is 0 Å². The lowest BCUT2D eigenvalue weighted by molar-refractivity contribution is 0.0746. The van der Waals surface area contributed by atoms with Gasteiger partial charge in [-0.3, -0.25) is 4.79 Å². The lowest BCUT2D eigenvalue weighted by Crippen LogP contribution is -2.49. The van der Waals surface area contributed by atoms with E-state index in [1.54, 1.807) is 24.0 Å². The third-order valence-electron chi connectivity index (χ3n) is 4.91. The summed E-state index contributed by atoms with van der Waals surface area (Å²) in [7, 11) is 0. The first-order chi connectivity index (χ1) is 12.1. The molecule has 0 radical (unpaired) electrons. The van der Waals surface area contributed by atoms with Gasteiger partial charge in [-0.1, -0.05) is 6.07 Å². The number of carbonyl (C=O) groups excluding carboxylic acids is 1. The van der Waals surface area contributed by atoms with Crippen molar-refractivity contribution < 1.29 is 9.18 Å². The van der Waals surface area contributed by atoms with Crippen LogP contribution in [0.4, 0.5) is 10.2 Å². The molecule has 2 fully saturated rings. The van der Waals surface area contributed by atoms with E-state index in [2.05, 4.69) is 14.9 Å². The molecule has 1 saturated carbocycles. The molecule has 2 aromatic rings. The molecule has 0 bridgehead atoms. The summed E-state index contributed by atoms with van der Waals surface area (Å²) < 4.78 is 13.7. The molecule has 130 valence electrons. The van der Waals surface area contributed by atoms with Gasteiger partial charge in [-0.15, -0.1) is 0 Å². The first-order valence-corrected chi connectivity index (χ1v) is 8.75. The van der Waals surface area contributed by atoms with Crippen LogP contribution in [0, 0.1) is 12.7 Å². The first-order valence-electron chi connectivity index (χ1n) is 8.75. The lowest BCUT2D eigenvalue weighted by Gasteiger charge is -2.35. The Balaban J connectivity index is 1.41. The van der Waals surface area contributed by atoms with Crippen LogP contribution in [0.1, 0.15) is 40.5 Å². The monoisotopic (exact) mass is 340 g/mol. The minimum Gasteiger partial charge on any atom is -0.353 e. The molecule has 1 aliphatic carbocycles. The smallest absolute Gasteiger partial charge is 0.254 e. The Morgan fingerprint density at radius 2 is 1.92 bits per heavy atom. The van der Waals surface area contributed by atoms with E-state index in [4.69, 9.17) is 0 Å². The van der Waals surface area contributed by atoms with Gasteiger partial charge >= 0.3 is 0 Å². The predicted molar refractivity (Wildman–Crippen MR) is 93.3 cm³/mol. The maximum atomic E-state index is 13.7. The highest BCUT2D eigenvalue weighted by atomic mass is 19.1. The van der Waals surface area contributed by atoms with Crippen LogP contribution >= 0.6 is 0 Å². The van der Waals surface area contributed by atoms with Gasteiger partial charge < -0.3 is 9.80 Å². The van der Waals surface area contributed by atoms with Gasteiger partial charge in [0.25, 0.3) is 5.91 Å². The van der Waals surface area contributed by atoms with Crippen LogP contribution in [0.15, 0.2) is 30.5 Å². The Hall–Kier alpha value is -2.50. The SMILES string of the molecule is Cc1ccc(C(=O)N2CCN(c3ccnc(C4CC4)n3)CC2)cc1F. The van der Waals surface area contributed by atoms with Gasteiger partial charge in [0, 0.05) is 43.9 Å². The van der Waals surface area contributed by atoms with Crippen LogP contribution in [0.3, 0.4) is 0 Å². The van der Waals surface area contributed by atoms with Gasteiger partial charge in [0.2, 0.25) is 0 Å². The molecule has 0 spiro atoms. The molecule has 1 amide bonds. The number of aromatic nitrogens is 2. The average molecular weight is 340 g/mol. The van der Waals surface area contributed by atoms with Crippen molar-refractivity contribution in [2.24, 2.45) is 0 Å². The van der Waals surface area contributed by atoms with Crippen molar-refractivity contribution >= 4 is 11.7 Å². The van der Waals surface area contributed by atoms with Gasteiger partial charge in [-0.05, 0) is 43.5 Å². The maximum absolute atomic E-state index is 13.7. The molecule has 4 rings (SSSR count). The quantitative estimate of drug-likeness (QED) is 0.862. The number of hydrogen-bond donors (Lipinski definition) is 0. The minimum atomic E-state index is -0.335. The zero-order chi connectivity index (χ0) is 17.4. The van der Waals surface area contributed by atoms with E-state index in [0.717, 1.165) is 24.7 Å². The third-order valence-corrected chi connectivity index (χ3v) is 4.91. The Labute approximate surface area is 146 Å². The molecule has 1 saturated heterocycles. The second-order valence-electron chi connectivity index (χ2n) is 6.79. The van der Waals surface area contributed by atoms with Crippen LogP contribution in [0.5, 0.6) is 0 Å². The summed E-state index contributed by atoms with van der Waals surface area (Å²) >= 11 is 0. The molecule has 6 heteroatoms. The van der Waals surface area contributed by atoms with E-state index in [1.807, 2.05) is 12.3 Å². The molecule has 1 aliphatic heterocycles. The fraction of sp³-hybridized carbons (Fsp3) is 0.421. The molecule has 0 unspecified atom stereocenters. The Bertz CT molecular complexity index is 798. The molecule has 25 heavy (non-hydrogen) atoms. The third kappa shape index (κ3) is 3.34. The highest BCUT2D eigenvalue weighted by Gasteiger charge is 2.28. The van der Waals surface area contributed by atoms with Crippen molar-refractivity contribution in [2.75, 3.05) is 31.1 Å². The summed E-state index contributed by atoms with van der Waals surface area (Å²) in [6.45, 7) is 4.36. The van der Waals surface area contributed by atoms with Gasteiger partial charge in [-0.25, -0.2) is 14.4 Å². The summed E-state index contributed by atoms with van der Waals surface area (Å²) in [5, 5.41) is 0. The fourth-order valence-electron chi connectivity index (χ4n) is 3.13. The van der Waals surface area contributed by atoms with Gasteiger partial charge in [0.05, 0.1) is 0 Å². The van der Waals surface area contributed by atoms with Gasteiger partial charge in [0.15, 0.2) is 0 Å². The average Bonchev–Trinajstić information content (AvgIpc) is 3.49. The molecular weight excluding hydrogens is 319 g/mol. The van der Waals surface area contributed by atoms with Crippen molar-refractivity contribution in [1.29, 1.82) is 0 Å². The molecule has 5 nitrogen and oxygen atoms in total. The van der Waals surface area contributed by atoms with Gasteiger partial charge in [0.1, 0.15) is 17.5 Å². The highest BCUT2D eigenvalue weighted by Crippen LogP contribution is 2.38. The van der Waals surface area contributed by atoms with Gasteiger partial charge in [-0.2, -0.15) is 0 Å². The topological polar surface area (TPSA) is 49.3 Å². The Morgan fingerprint density at radius 3 is 2.60 bits per heavy atom. The van der Waals surface area contributed by atoms with Crippen molar-refractivity contribution in [3.05, 3.63) is 53.2 Å². The van der Waals surface area contributed by atoms with Crippen LogP contribution in [0.2, 0.25) is 0 Å². The number of anilines is 1. The van der Waals surface area contributed by atoms with Crippen LogP contribution < -0.4 is 4.90 Å². The van der Waals surface area contributed by atoms with E-state index in [1.165, 1.54) is 18.9 Å². The molecule has 1 aromatic carbocycles. The standard InChI is InChI=1S/C19H21FN4O/c1-13-2-3-15(12-16(13)20)19(25)24-10-8-23(9-11-24)17-6-7-21-18(22-17)14-4-5-14/h2-3,6-7,12,14H,4-5,8-11H2,1H3. The first kappa shape index (κ1) is 16.0. The number of carbonyl (C=O) groups is 1. The predicted octanol–water partition coefficient (Wildman–Crippen LogP) is 2.76. The molecule has 2 aliphatic rings. The second-order valence-corrected chi connectivity index (χ2v) is 6.79. The number of rotatable bonds is 3. The number of amides is 1. The van der Waals surface area contributed by atoms with E-state index < -0.39 is 0 Å². The molecule has 0 N–H and O–H groups in total. The Morgan fingerprint density at radius 1 is 1.16 bits per heavy atom. The number of halogens is 1. The summed E-state index contributed by atoms with van der Waals surface area (Å²) in [5.74, 6) is 1.95.